The maximum absolute atomic E-state index is 12.7. The van der Waals surface area contributed by atoms with E-state index in [0.717, 1.165) is 74.5 Å². The van der Waals surface area contributed by atoms with Gasteiger partial charge in [-0.2, -0.15) is 0 Å². The van der Waals surface area contributed by atoms with Gasteiger partial charge in [-0.1, -0.05) is 55.8 Å². The number of aliphatic carboxylic acids is 4. The van der Waals surface area contributed by atoms with E-state index >= 15 is 0 Å². The molecular weight excluding hydrogens is 650 g/mol. The van der Waals surface area contributed by atoms with Crippen molar-refractivity contribution in [2.45, 2.75) is 39.3 Å². The second-order valence-electron chi connectivity index (χ2n) is 11.0. The van der Waals surface area contributed by atoms with Crippen LogP contribution in [0.5, 0.6) is 0 Å². The molecule has 5 N–H and O–H groups in total. The normalized spacial score (nSPS) is 13.2. The molecule has 0 atom stereocenters. The Kier molecular flexibility index (Phi) is 17.9. The standard InChI is InChI=1S/C27H35N5O2.2C4H4O4/c1-2-3-14-28-27(34)21-31-18-16-30(17-19-31)20-26-29-23-11-7-8-12-24(23)32(26)15-13-25(33)22-9-5-4-6-10-22;2*5-3(6)1-2-4(7)8/h4-12H,2-3,13-21H2,1H3,(H,28,34);2*1-2H,(H,5,6)(H,7,8)/b;2*2-1+. The molecule has 0 spiro atoms. The second kappa shape index (κ2) is 22.1. The molecule has 50 heavy (non-hydrogen) atoms. The number of carbonyl (C=O) groups excluding carboxylic acids is 2. The molecule has 0 saturated carbocycles. The van der Waals surface area contributed by atoms with Gasteiger partial charge >= 0.3 is 23.9 Å². The topological polar surface area (TPSA) is 220 Å². The molecule has 0 aliphatic carbocycles. The molecule has 0 radical (unpaired) electrons. The Bertz CT molecular complexity index is 1580. The molecule has 1 fully saturated rings. The summed E-state index contributed by atoms with van der Waals surface area (Å²) in [5.74, 6) is -3.77. The smallest absolute Gasteiger partial charge is 0.328 e. The minimum Gasteiger partial charge on any atom is -0.478 e. The minimum atomic E-state index is -1.26. The number of hydrogen-bond acceptors (Lipinski definition) is 9. The number of piperazine rings is 1. The predicted octanol–water partition coefficient (Wildman–Crippen LogP) is 2.77. The summed E-state index contributed by atoms with van der Waals surface area (Å²) in [7, 11) is 0. The van der Waals surface area contributed by atoms with Gasteiger partial charge < -0.3 is 30.3 Å². The van der Waals surface area contributed by atoms with Gasteiger partial charge in [-0.05, 0) is 18.6 Å². The maximum atomic E-state index is 12.7. The number of carboxylic acid groups (broad SMARTS) is 4. The number of aryl methyl sites for hydroxylation is 1. The molecule has 0 bridgehead atoms. The molecule has 0 unspecified atom stereocenters. The first-order valence-corrected chi connectivity index (χ1v) is 15.9. The number of imidazole rings is 1. The summed E-state index contributed by atoms with van der Waals surface area (Å²) in [6.07, 6.45) is 4.79. The Labute approximate surface area is 289 Å². The summed E-state index contributed by atoms with van der Waals surface area (Å²) >= 11 is 0. The Morgan fingerprint density at radius 1 is 0.740 bits per heavy atom. The lowest BCUT2D eigenvalue weighted by atomic mass is 10.1. The van der Waals surface area contributed by atoms with Crippen LogP contribution in [-0.4, -0.2) is 115 Å². The number of aromatic nitrogens is 2. The van der Waals surface area contributed by atoms with Crippen LogP contribution in [0.25, 0.3) is 11.0 Å². The van der Waals surface area contributed by atoms with Crippen molar-refractivity contribution < 1.29 is 49.2 Å². The predicted molar refractivity (Wildman–Crippen MR) is 184 cm³/mol. The molecule has 1 saturated heterocycles. The van der Waals surface area contributed by atoms with E-state index in [9.17, 15) is 28.8 Å². The fourth-order valence-corrected chi connectivity index (χ4v) is 4.73. The van der Waals surface area contributed by atoms with Crippen molar-refractivity contribution in [1.29, 1.82) is 0 Å². The van der Waals surface area contributed by atoms with Crippen LogP contribution in [0.15, 0.2) is 78.9 Å². The number of carboxylic acids is 4. The van der Waals surface area contributed by atoms with Crippen molar-refractivity contribution >= 4 is 46.6 Å². The van der Waals surface area contributed by atoms with E-state index in [2.05, 4.69) is 32.7 Å². The van der Waals surface area contributed by atoms with Gasteiger partial charge in [-0.15, -0.1) is 0 Å². The number of unbranched alkanes of at least 4 members (excludes halogenated alkanes) is 1. The van der Waals surface area contributed by atoms with E-state index in [1.165, 1.54) is 0 Å². The summed E-state index contributed by atoms with van der Waals surface area (Å²) < 4.78 is 2.20. The first-order chi connectivity index (χ1) is 23.9. The first-order valence-electron chi connectivity index (χ1n) is 15.9. The summed E-state index contributed by atoms with van der Waals surface area (Å²) in [4.78, 5) is 72.6. The van der Waals surface area contributed by atoms with Crippen LogP contribution in [0, 0.1) is 0 Å². The minimum absolute atomic E-state index is 0.117. The van der Waals surface area contributed by atoms with Crippen molar-refractivity contribution in [3.05, 3.63) is 90.3 Å². The van der Waals surface area contributed by atoms with E-state index in [1.54, 1.807) is 0 Å². The van der Waals surface area contributed by atoms with Crippen LogP contribution in [0.2, 0.25) is 0 Å². The van der Waals surface area contributed by atoms with E-state index in [0.29, 0.717) is 43.8 Å². The van der Waals surface area contributed by atoms with Gasteiger partial charge in [-0.3, -0.25) is 19.4 Å². The molecule has 1 amide bonds. The number of nitrogens with zero attached hydrogens (tertiary/aromatic N) is 4. The molecule has 15 nitrogen and oxygen atoms in total. The van der Waals surface area contributed by atoms with Crippen LogP contribution in [-0.2, 0) is 37.1 Å². The average molecular weight is 694 g/mol. The van der Waals surface area contributed by atoms with Crippen LogP contribution < -0.4 is 5.32 Å². The number of rotatable bonds is 15. The molecule has 1 aliphatic heterocycles. The molecule has 1 aromatic heterocycles. The number of Topliss-reactive ketones (excluding diaryl/α,β-unsaturated/α-hetero) is 1. The molecule has 3 aromatic rings. The van der Waals surface area contributed by atoms with Gasteiger partial charge in [0.25, 0.3) is 0 Å². The SMILES string of the molecule is CCCCNC(=O)CN1CCN(Cc2nc3ccccc3n2CCC(=O)c2ccccc2)CC1.O=C(O)/C=C/C(=O)O.O=C(O)/C=C/C(=O)O. The monoisotopic (exact) mass is 693 g/mol. The number of hydrogen-bond donors (Lipinski definition) is 5. The number of carbonyl (C=O) groups is 6. The largest absolute Gasteiger partial charge is 0.478 e. The van der Waals surface area contributed by atoms with Crippen LogP contribution in [0.1, 0.15) is 42.4 Å². The van der Waals surface area contributed by atoms with E-state index in [1.807, 2.05) is 48.5 Å². The Morgan fingerprint density at radius 3 is 1.80 bits per heavy atom. The van der Waals surface area contributed by atoms with E-state index < -0.39 is 23.9 Å². The van der Waals surface area contributed by atoms with Gasteiger partial charge in [-0.25, -0.2) is 24.2 Å². The van der Waals surface area contributed by atoms with Gasteiger partial charge in [0.15, 0.2) is 5.78 Å². The zero-order chi connectivity index (χ0) is 36.9. The van der Waals surface area contributed by atoms with Gasteiger partial charge in [0.2, 0.25) is 5.91 Å². The third-order valence-electron chi connectivity index (χ3n) is 7.18. The quantitative estimate of drug-likeness (QED) is 0.0880. The van der Waals surface area contributed by atoms with Gasteiger partial charge in [0.05, 0.1) is 24.1 Å². The highest BCUT2D eigenvalue weighted by molar-refractivity contribution is 5.96. The molecule has 15 heteroatoms. The molecular formula is C35H43N5O10. The number of benzene rings is 2. The van der Waals surface area contributed by atoms with Crippen molar-refractivity contribution in [2.75, 3.05) is 39.3 Å². The first kappa shape index (κ1) is 40.5. The van der Waals surface area contributed by atoms with Crippen molar-refractivity contribution in [3.63, 3.8) is 0 Å². The molecule has 268 valence electrons. The second-order valence-corrected chi connectivity index (χ2v) is 11.0. The lowest BCUT2D eigenvalue weighted by molar-refractivity contribution is -0.134. The van der Waals surface area contributed by atoms with Crippen molar-refractivity contribution in [3.8, 4) is 0 Å². The third-order valence-corrected chi connectivity index (χ3v) is 7.18. The van der Waals surface area contributed by atoms with Crippen LogP contribution in [0.3, 0.4) is 0 Å². The van der Waals surface area contributed by atoms with E-state index in [-0.39, 0.29) is 11.7 Å². The molecule has 1 aliphatic rings. The molecule has 2 heterocycles. The summed E-state index contributed by atoms with van der Waals surface area (Å²) in [5, 5.41) is 34.3. The number of ketones is 1. The van der Waals surface area contributed by atoms with Crippen molar-refractivity contribution in [1.82, 2.24) is 24.7 Å². The van der Waals surface area contributed by atoms with Gasteiger partial charge in [0.1, 0.15) is 5.82 Å². The van der Waals surface area contributed by atoms with Crippen molar-refractivity contribution in [2.24, 2.45) is 0 Å². The molecule has 4 rings (SSSR count). The maximum Gasteiger partial charge on any atom is 0.328 e. The summed E-state index contributed by atoms with van der Waals surface area (Å²) in [6.45, 7) is 8.24. The van der Waals surface area contributed by atoms with Crippen LogP contribution in [0.4, 0.5) is 0 Å². The average Bonchev–Trinajstić information content (AvgIpc) is 3.44. The summed E-state index contributed by atoms with van der Waals surface area (Å²) in [5.41, 5.74) is 2.79. The highest BCUT2D eigenvalue weighted by Gasteiger charge is 2.21. The number of amides is 1. The number of para-hydroxylation sites is 2. The lowest BCUT2D eigenvalue weighted by Crippen LogP contribution is -2.49. The van der Waals surface area contributed by atoms with Crippen LogP contribution >= 0.6 is 0 Å². The van der Waals surface area contributed by atoms with E-state index in [4.69, 9.17) is 25.4 Å². The zero-order valence-corrected chi connectivity index (χ0v) is 27.8. The fraction of sp³-hybridized carbons (Fsp3) is 0.343. The number of nitrogens with one attached hydrogen (secondary N) is 1. The Balaban J connectivity index is 0.000000450. The highest BCUT2D eigenvalue weighted by Crippen LogP contribution is 2.19. The van der Waals surface area contributed by atoms with Gasteiger partial charge in [0, 0.05) is 75.6 Å². The Morgan fingerprint density at radius 2 is 1.26 bits per heavy atom. The Hall–Kier alpha value is -5.67. The lowest BCUT2D eigenvalue weighted by Gasteiger charge is -2.34. The third kappa shape index (κ3) is 16.0. The number of fused-ring (bicyclic) bond motifs is 1. The molecule has 2 aromatic carbocycles. The summed E-state index contributed by atoms with van der Waals surface area (Å²) in [6, 6.07) is 17.6. The highest BCUT2D eigenvalue weighted by atomic mass is 16.4. The zero-order valence-electron chi connectivity index (χ0n) is 27.8. The fourth-order valence-electron chi connectivity index (χ4n) is 4.73.